The molecule has 0 aromatic carbocycles. The Morgan fingerprint density at radius 2 is 2.17 bits per heavy atom. The van der Waals surface area contributed by atoms with Crippen molar-refractivity contribution in [2.75, 3.05) is 12.3 Å². The Hall–Kier alpha value is -1.91. The third-order valence-electron chi connectivity index (χ3n) is 3.06. The number of carbonyl (C=O) groups excluding carboxylic acids is 1. The molecular formula is C13H18N4O. The zero-order chi connectivity index (χ0) is 12.8. The number of carbonyl (C=O) groups is 1. The van der Waals surface area contributed by atoms with Crippen LogP contribution in [0.2, 0.25) is 0 Å². The van der Waals surface area contributed by atoms with Gasteiger partial charge >= 0.3 is 0 Å². The van der Waals surface area contributed by atoms with E-state index in [1.807, 2.05) is 0 Å². The number of nitrogen functional groups attached to an aromatic ring is 1. The summed E-state index contributed by atoms with van der Waals surface area (Å²) in [5.74, 6) is -0.0797. The van der Waals surface area contributed by atoms with Crippen LogP contribution in [0.15, 0.2) is 24.0 Å². The lowest BCUT2D eigenvalue weighted by Crippen LogP contribution is -2.27. The summed E-state index contributed by atoms with van der Waals surface area (Å²) >= 11 is 0. The summed E-state index contributed by atoms with van der Waals surface area (Å²) in [5.41, 5.74) is 7.23. The van der Waals surface area contributed by atoms with Crippen LogP contribution in [-0.2, 0) is 0 Å². The van der Waals surface area contributed by atoms with E-state index in [1.165, 1.54) is 37.2 Å². The molecule has 3 N–H and O–H groups in total. The predicted octanol–water partition coefficient (Wildman–Crippen LogP) is 1.68. The Labute approximate surface area is 107 Å². The number of nitrogens with zero attached hydrogens (tertiary/aromatic N) is 2. The summed E-state index contributed by atoms with van der Waals surface area (Å²) in [6, 6.07) is 0. The van der Waals surface area contributed by atoms with Crippen molar-refractivity contribution in [3.63, 3.8) is 0 Å². The lowest BCUT2D eigenvalue weighted by atomic mass is 9.97. The van der Waals surface area contributed by atoms with Gasteiger partial charge in [-0.05, 0) is 32.1 Å². The number of allylic oxidation sites excluding steroid dienone is 1. The topological polar surface area (TPSA) is 80.9 Å². The number of anilines is 1. The molecule has 5 nitrogen and oxygen atoms in total. The molecule has 1 amide bonds. The summed E-state index contributed by atoms with van der Waals surface area (Å²) < 4.78 is 0. The van der Waals surface area contributed by atoms with Gasteiger partial charge in [-0.25, -0.2) is 9.97 Å². The molecule has 18 heavy (non-hydrogen) atoms. The SMILES string of the molecule is Nc1nccnc1C(=O)NCCC1=CCCCC1. The average Bonchev–Trinajstić information content (AvgIpc) is 2.40. The zero-order valence-corrected chi connectivity index (χ0v) is 10.4. The molecule has 0 spiro atoms. The Morgan fingerprint density at radius 3 is 2.89 bits per heavy atom. The molecule has 1 aliphatic rings. The molecule has 0 aliphatic heterocycles. The van der Waals surface area contributed by atoms with E-state index in [1.54, 1.807) is 0 Å². The van der Waals surface area contributed by atoms with Gasteiger partial charge in [0, 0.05) is 18.9 Å². The van der Waals surface area contributed by atoms with Crippen LogP contribution in [0.3, 0.4) is 0 Å². The van der Waals surface area contributed by atoms with E-state index in [4.69, 9.17) is 5.73 Å². The van der Waals surface area contributed by atoms with Crippen LogP contribution in [0.5, 0.6) is 0 Å². The maximum absolute atomic E-state index is 11.8. The summed E-state index contributed by atoms with van der Waals surface area (Å²) in [5, 5.41) is 2.82. The van der Waals surface area contributed by atoms with Crippen molar-refractivity contribution in [3.05, 3.63) is 29.7 Å². The normalized spacial score (nSPS) is 15.0. The molecule has 0 unspecified atom stereocenters. The number of amides is 1. The van der Waals surface area contributed by atoms with Gasteiger partial charge in [0.1, 0.15) is 0 Å². The molecule has 0 bridgehead atoms. The predicted molar refractivity (Wildman–Crippen MR) is 69.9 cm³/mol. The number of aromatic nitrogens is 2. The molecule has 0 saturated carbocycles. The summed E-state index contributed by atoms with van der Waals surface area (Å²) in [7, 11) is 0. The Bertz CT molecular complexity index is 456. The molecule has 1 aromatic rings. The van der Waals surface area contributed by atoms with Gasteiger partial charge in [-0.3, -0.25) is 4.79 Å². The first kappa shape index (κ1) is 12.5. The Kier molecular flexibility index (Phi) is 4.28. The number of hydrogen-bond acceptors (Lipinski definition) is 4. The molecule has 1 aromatic heterocycles. The van der Waals surface area contributed by atoms with E-state index in [0.29, 0.717) is 6.54 Å². The van der Waals surface area contributed by atoms with Gasteiger partial charge in [-0.1, -0.05) is 11.6 Å². The van der Waals surface area contributed by atoms with Crippen molar-refractivity contribution in [1.82, 2.24) is 15.3 Å². The molecule has 0 fully saturated rings. The second-order valence-electron chi connectivity index (χ2n) is 4.40. The van der Waals surface area contributed by atoms with Gasteiger partial charge in [0.25, 0.3) is 5.91 Å². The summed E-state index contributed by atoms with van der Waals surface area (Å²) in [6.07, 6.45) is 11.0. The van der Waals surface area contributed by atoms with Gasteiger partial charge in [0.15, 0.2) is 11.5 Å². The molecule has 0 radical (unpaired) electrons. The fourth-order valence-electron chi connectivity index (χ4n) is 2.08. The van der Waals surface area contributed by atoms with E-state index >= 15 is 0 Å². The van der Waals surface area contributed by atoms with Crippen LogP contribution < -0.4 is 11.1 Å². The average molecular weight is 246 g/mol. The van der Waals surface area contributed by atoms with Gasteiger partial charge in [-0.2, -0.15) is 0 Å². The van der Waals surface area contributed by atoms with Crippen LogP contribution in [-0.4, -0.2) is 22.4 Å². The van der Waals surface area contributed by atoms with Gasteiger partial charge in [0.2, 0.25) is 0 Å². The molecule has 1 aliphatic carbocycles. The molecule has 0 saturated heterocycles. The van der Waals surface area contributed by atoms with Crippen LogP contribution in [0.4, 0.5) is 5.82 Å². The van der Waals surface area contributed by atoms with E-state index in [2.05, 4.69) is 21.4 Å². The Morgan fingerprint density at radius 1 is 1.33 bits per heavy atom. The highest BCUT2D eigenvalue weighted by atomic mass is 16.1. The smallest absolute Gasteiger partial charge is 0.273 e. The van der Waals surface area contributed by atoms with E-state index < -0.39 is 0 Å². The molecule has 2 rings (SSSR count). The van der Waals surface area contributed by atoms with E-state index in [9.17, 15) is 4.79 Å². The quantitative estimate of drug-likeness (QED) is 0.792. The maximum Gasteiger partial charge on any atom is 0.273 e. The molecule has 5 heteroatoms. The van der Waals surface area contributed by atoms with Crippen molar-refractivity contribution in [2.45, 2.75) is 32.1 Å². The summed E-state index contributed by atoms with van der Waals surface area (Å²) in [4.78, 5) is 19.6. The number of nitrogens with two attached hydrogens (primary N) is 1. The number of nitrogens with one attached hydrogen (secondary N) is 1. The third-order valence-corrected chi connectivity index (χ3v) is 3.06. The van der Waals surface area contributed by atoms with Gasteiger partial charge in [0.05, 0.1) is 0 Å². The minimum atomic E-state index is -0.253. The van der Waals surface area contributed by atoms with Gasteiger partial charge < -0.3 is 11.1 Å². The second-order valence-corrected chi connectivity index (χ2v) is 4.40. The minimum Gasteiger partial charge on any atom is -0.382 e. The minimum absolute atomic E-state index is 0.173. The highest BCUT2D eigenvalue weighted by molar-refractivity contribution is 5.96. The van der Waals surface area contributed by atoms with Crippen LogP contribution in [0.25, 0.3) is 0 Å². The monoisotopic (exact) mass is 246 g/mol. The lowest BCUT2D eigenvalue weighted by Gasteiger charge is -2.12. The highest BCUT2D eigenvalue weighted by Gasteiger charge is 2.11. The summed E-state index contributed by atoms with van der Waals surface area (Å²) in [6.45, 7) is 0.626. The standard InChI is InChI=1S/C13H18N4O/c14-12-11(15-8-9-16-12)13(18)17-7-6-10-4-2-1-3-5-10/h4,8-9H,1-3,5-7H2,(H2,14,16)(H,17,18). The van der Waals surface area contributed by atoms with Crippen molar-refractivity contribution in [3.8, 4) is 0 Å². The van der Waals surface area contributed by atoms with E-state index in [0.717, 1.165) is 12.8 Å². The molecular weight excluding hydrogens is 228 g/mol. The Balaban J connectivity index is 1.82. The first-order chi connectivity index (χ1) is 8.77. The van der Waals surface area contributed by atoms with Crippen molar-refractivity contribution < 1.29 is 4.79 Å². The van der Waals surface area contributed by atoms with E-state index in [-0.39, 0.29) is 17.4 Å². The fraction of sp³-hybridized carbons (Fsp3) is 0.462. The number of hydrogen-bond donors (Lipinski definition) is 2. The van der Waals surface area contributed by atoms with Crippen LogP contribution in [0.1, 0.15) is 42.6 Å². The highest BCUT2D eigenvalue weighted by Crippen LogP contribution is 2.19. The number of rotatable bonds is 4. The maximum atomic E-state index is 11.8. The van der Waals surface area contributed by atoms with Gasteiger partial charge in [-0.15, -0.1) is 0 Å². The second kappa shape index (κ2) is 6.14. The lowest BCUT2D eigenvalue weighted by molar-refractivity contribution is 0.0949. The largest absolute Gasteiger partial charge is 0.382 e. The first-order valence-electron chi connectivity index (χ1n) is 6.30. The van der Waals surface area contributed by atoms with Crippen molar-refractivity contribution in [2.24, 2.45) is 0 Å². The molecule has 1 heterocycles. The van der Waals surface area contributed by atoms with Crippen LogP contribution >= 0.6 is 0 Å². The van der Waals surface area contributed by atoms with Crippen molar-refractivity contribution in [1.29, 1.82) is 0 Å². The molecule has 0 atom stereocenters. The van der Waals surface area contributed by atoms with Crippen LogP contribution in [0, 0.1) is 0 Å². The zero-order valence-electron chi connectivity index (χ0n) is 10.4. The third kappa shape index (κ3) is 3.29. The molecule has 96 valence electrons. The fourth-order valence-corrected chi connectivity index (χ4v) is 2.08. The first-order valence-corrected chi connectivity index (χ1v) is 6.30. The van der Waals surface area contributed by atoms with Crippen molar-refractivity contribution >= 4 is 11.7 Å².